The summed E-state index contributed by atoms with van der Waals surface area (Å²) in [5.41, 5.74) is 1.11. The van der Waals surface area contributed by atoms with Gasteiger partial charge in [0.1, 0.15) is 0 Å². The number of amides is 1. The highest BCUT2D eigenvalue weighted by Crippen LogP contribution is 2.26. The summed E-state index contributed by atoms with van der Waals surface area (Å²) in [5, 5.41) is 10.9. The maximum atomic E-state index is 10.3. The summed E-state index contributed by atoms with van der Waals surface area (Å²) in [6, 6.07) is 9.82. The third-order valence-corrected chi connectivity index (χ3v) is 2.35. The molecule has 1 aromatic carbocycles. The molecule has 2 unspecified atom stereocenters. The Labute approximate surface area is 87.9 Å². The summed E-state index contributed by atoms with van der Waals surface area (Å²) in [4.78, 5) is 10.3. The van der Waals surface area contributed by atoms with Crippen molar-refractivity contribution in [3.05, 3.63) is 35.9 Å². The smallest absolute Gasteiger partial charge is 0.404 e. The van der Waals surface area contributed by atoms with E-state index in [9.17, 15) is 4.79 Å². The highest BCUT2D eigenvalue weighted by Gasteiger charge is 2.39. The number of carboxylic acid groups (broad SMARTS) is 1. The maximum absolute atomic E-state index is 10.3. The molecule has 1 fully saturated rings. The van der Waals surface area contributed by atoms with Gasteiger partial charge in [0.25, 0.3) is 0 Å². The molecule has 0 aliphatic heterocycles. The van der Waals surface area contributed by atoms with Crippen LogP contribution in [-0.4, -0.2) is 23.3 Å². The van der Waals surface area contributed by atoms with Crippen LogP contribution in [-0.2, 0) is 11.3 Å². The molecule has 15 heavy (non-hydrogen) atoms. The van der Waals surface area contributed by atoms with E-state index in [1.54, 1.807) is 0 Å². The quantitative estimate of drug-likeness (QED) is 0.788. The number of nitrogens with one attached hydrogen (secondary N) is 1. The predicted molar refractivity (Wildman–Crippen MR) is 54.6 cm³/mol. The van der Waals surface area contributed by atoms with Gasteiger partial charge in [-0.25, -0.2) is 4.79 Å². The molecule has 0 spiro atoms. The van der Waals surface area contributed by atoms with Gasteiger partial charge in [-0.15, -0.1) is 0 Å². The molecule has 0 saturated heterocycles. The Morgan fingerprint density at radius 2 is 2.20 bits per heavy atom. The molecule has 1 aliphatic carbocycles. The minimum atomic E-state index is -0.981. The van der Waals surface area contributed by atoms with Crippen molar-refractivity contribution >= 4 is 6.09 Å². The number of ether oxygens (including phenoxy) is 1. The molecule has 1 saturated carbocycles. The molecule has 1 amide bonds. The van der Waals surface area contributed by atoms with E-state index in [2.05, 4.69) is 5.32 Å². The van der Waals surface area contributed by atoms with E-state index < -0.39 is 6.09 Å². The largest absolute Gasteiger partial charge is 0.465 e. The fraction of sp³-hybridized carbons (Fsp3) is 0.364. The third-order valence-electron chi connectivity index (χ3n) is 2.35. The van der Waals surface area contributed by atoms with Gasteiger partial charge in [0.2, 0.25) is 0 Å². The van der Waals surface area contributed by atoms with Crippen LogP contribution in [0.3, 0.4) is 0 Å². The summed E-state index contributed by atoms with van der Waals surface area (Å²) in [7, 11) is 0. The summed E-state index contributed by atoms with van der Waals surface area (Å²) < 4.78 is 5.53. The SMILES string of the molecule is O=C(O)NC1CC1OCc1ccccc1. The maximum Gasteiger partial charge on any atom is 0.404 e. The average molecular weight is 207 g/mol. The molecule has 1 aromatic rings. The molecule has 1 aliphatic rings. The zero-order valence-electron chi connectivity index (χ0n) is 8.22. The van der Waals surface area contributed by atoms with Crippen LogP contribution in [0.5, 0.6) is 0 Å². The van der Waals surface area contributed by atoms with Crippen molar-refractivity contribution < 1.29 is 14.6 Å². The lowest BCUT2D eigenvalue weighted by Gasteiger charge is -2.03. The second-order valence-corrected chi connectivity index (χ2v) is 3.63. The van der Waals surface area contributed by atoms with Crippen LogP contribution < -0.4 is 5.32 Å². The molecule has 2 atom stereocenters. The van der Waals surface area contributed by atoms with Gasteiger partial charge >= 0.3 is 6.09 Å². The third kappa shape index (κ3) is 2.95. The summed E-state index contributed by atoms with van der Waals surface area (Å²) in [5.74, 6) is 0. The first-order valence-corrected chi connectivity index (χ1v) is 4.90. The fourth-order valence-electron chi connectivity index (χ4n) is 1.44. The van der Waals surface area contributed by atoms with Crippen LogP contribution in [0.25, 0.3) is 0 Å². The Balaban J connectivity index is 1.71. The summed E-state index contributed by atoms with van der Waals surface area (Å²) in [6.45, 7) is 0.545. The lowest BCUT2D eigenvalue weighted by atomic mass is 10.2. The molecular weight excluding hydrogens is 194 g/mol. The van der Waals surface area contributed by atoms with Crippen LogP contribution in [0.15, 0.2) is 30.3 Å². The van der Waals surface area contributed by atoms with Crippen molar-refractivity contribution in [2.75, 3.05) is 0 Å². The molecule has 2 N–H and O–H groups in total. The second kappa shape index (κ2) is 4.31. The van der Waals surface area contributed by atoms with Crippen LogP contribution in [0, 0.1) is 0 Å². The number of carbonyl (C=O) groups is 1. The Hall–Kier alpha value is -1.55. The number of benzene rings is 1. The number of hydrogen-bond donors (Lipinski definition) is 2. The predicted octanol–water partition coefficient (Wildman–Crippen LogP) is 1.61. The highest BCUT2D eigenvalue weighted by molar-refractivity contribution is 5.65. The minimum absolute atomic E-state index is 0.0220. The van der Waals surface area contributed by atoms with E-state index in [4.69, 9.17) is 9.84 Å². The van der Waals surface area contributed by atoms with Crippen molar-refractivity contribution in [2.45, 2.75) is 25.2 Å². The number of hydrogen-bond acceptors (Lipinski definition) is 2. The topological polar surface area (TPSA) is 58.6 Å². The van der Waals surface area contributed by atoms with Crippen LogP contribution in [0.1, 0.15) is 12.0 Å². The van der Waals surface area contributed by atoms with E-state index >= 15 is 0 Å². The van der Waals surface area contributed by atoms with Crippen molar-refractivity contribution in [1.29, 1.82) is 0 Å². The molecule has 4 heteroatoms. The van der Waals surface area contributed by atoms with Crippen molar-refractivity contribution in [3.63, 3.8) is 0 Å². The van der Waals surface area contributed by atoms with Crippen LogP contribution >= 0.6 is 0 Å². The Morgan fingerprint density at radius 1 is 1.47 bits per heavy atom. The molecule has 4 nitrogen and oxygen atoms in total. The van der Waals surface area contributed by atoms with E-state index in [0.29, 0.717) is 6.61 Å². The first-order valence-electron chi connectivity index (χ1n) is 4.90. The van der Waals surface area contributed by atoms with Crippen molar-refractivity contribution in [1.82, 2.24) is 5.32 Å². The second-order valence-electron chi connectivity index (χ2n) is 3.63. The van der Waals surface area contributed by atoms with E-state index in [1.807, 2.05) is 30.3 Å². The van der Waals surface area contributed by atoms with Gasteiger partial charge in [0.05, 0.1) is 18.8 Å². The summed E-state index contributed by atoms with van der Waals surface area (Å²) >= 11 is 0. The van der Waals surface area contributed by atoms with Gasteiger partial charge < -0.3 is 15.2 Å². The first-order chi connectivity index (χ1) is 7.25. The molecule has 0 bridgehead atoms. The van der Waals surface area contributed by atoms with Crippen molar-refractivity contribution in [2.24, 2.45) is 0 Å². The van der Waals surface area contributed by atoms with Gasteiger partial charge in [-0.3, -0.25) is 0 Å². The molecule has 0 heterocycles. The summed E-state index contributed by atoms with van der Waals surface area (Å²) in [6.07, 6.45) is -0.161. The van der Waals surface area contributed by atoms with Gasteiger partial charge in [0.15, 0.2) is 0 Å². The minimum Gasteiger partial charge on any atom is -0.465 e. The van der Waals surface area contributed by atoms with Crippen LogP contribution in [0.2, 0.25) is 0 Å². The fourth-order valence-corrected chi connectivity index (χ4v) is 1.44. The van der Waals surface area contributed by atoms with Gasteiger partial charge in [-0.1, -0.05) is 30.3 Å². The Kier molecular flexibility index (Phi) is 2.87. The molecule has 0 aromatic heterocycles. The molecular formula is C11H13NO3. The zero-order valence-corrected chi connectivity index (χ0v) is 8.22. The standard InChI is InChI=1S/C11H13NO3/c13-11(14)12-9-6-10(9)15-7-8-4-2-1-3-5-8/h1-5,9-10,12H,6-7H2,(H,13,14). The lowest BCUT2D eigenvalue weighted by molar-refractivity contribution is 0.0983. The highest BCUT2D eigenvalue weighted by atomic mass is 16.5. The zero-order chi connectivity index (χ0) is 10.7. The van der Waals surface area contributed by atoms with E-state index in [-0.39, 0.29) is 12.1 Å². The normalized spacial score (nSPS) is 23.5. The molecule has 0 radical (unpaired) electrons. The average Bonchev–Trinajstić information content (AvgIpc) is 2.94. The van der Waals surface area contributed by atoms with Gasteiger partial charge in [-0.2, -0.15) is 0 Å². The Morgan fingerprint density at radius 3 is 2.87 bits per heavy atom. The first kappa shape index (κ1) is 9.98. The van der Waals surface area contributed by atoms with Crippen molar-refractivity contribution in [3.8, 4) is 0 Å². The lowest BCUT2D eigenvalue weighted by Crippen LogP contribution is -2.26. The van der Waals surface area contributed by atoms with E-state index in [1.165, 1.54) is 0 Å². The molecule has 80 valence electrons. The van der Waals surface area contributed by atoms with E-state index in [0.717, 1.165) is 12.0 Å². The monoisotopic (exact) mass is 207 g/mol. The van der Waals surface area contributed by atoms with Gasteiger partial charge in [0, 0.05) is 0 Å². The van der Waals surface area contributed by atoms with Crippen LogP contribution in [0.4, 0.5) is 4.79 Å². The Bertz CT molecular complexity index is 339. The van der Waals surface area contributed by atoms with Gasteiger partial charge in [-0.05, 0) is 12.0 Å². The number of rotatable bonds is 4. The molecule has 2 rings (SSSR count).